The van der Waals surface area contributed by atoms with Crippen molar-refractivity contribution in [2.24, 2.45) is 0 Å². The second-order valence-electron chi connectivity index (χ2n) is 8.92. The molecule has 0 fully saturated rings. The van der Waals surface area contributed by atoms with Crippen molar-refractivity contribution in [2.45, 2.75) is 32.7 Å². The van der Waals surface area contributed by atoms with Crippen LogP contribution in [0, 0.1) is 5.82 Å². The van der Waals surface area contributed by atoms with Crippen LogP contribution in [-0.4, -0.2) is 36.1 Å². The van der Waals surface area contributed by atoms with E-state index in [1.807, 2.05) is 37.3 Å². The molecule has 4 amide bonds. The molecule has 1 aliphatic heterocycles. The summed E-state index contributed by atoms with van der Waals surface area (Å²) in [6.45, 7) is 4.35. The zero-order chi connectivity index (χ0) is 27.8. The van der Waals surface area contributed by atoms with Crippen LogP contribution < -0.4 is 16.0 Å². The summed E-state index contributed by atoms with van der Waals surface area (Å²) >= 11 is 0. The molecule has 0 unspecified atom stereocenters. The van der Waals surface area contributed by atoms with Gasteiger partial charge in [0.05, 0.1) is 29.6 Å². The molecule has 0 saturated heterocycles. The number of hydrogen-bond acceptors (Lipinski definition) is 4. The van der Waals surface area contributed by atoms with Gasteiger partial charge in [0.25, 0.3) is 0 Å². The van der Waals surface area contributed by atoms with E-state index in [-0.39, 0.29) is 18.3 Å². The lowest BCUT2D eigenvalue weighted by Gasteiger charge is -2.37. The monoisotopic (exact) mass is 530 g/mol. The predicted molar refractivity (Wildman–Crippen MR) is 148 cm³/mol. The average Bonchev–Trinajstić information content (AvgIpc) is 2.93. The van der Waals surface area contributed by atoms with Gasteiger partial charge in [-0.2, -0.15) is 0 Å². The number of carbonyl (C=O) groups excluding carboxylic acids is 3. The lowest BCUT2D eigenvalue weighted by Crippen LogP contribution is -2.48. The van der Waals surface area contributed by atoms with E-state index in [9.17, 15) is 18.8 Å². The largest absolute Gasteiger partial charge is 0.463 e. The molecular weight excluding hydrogens is 499 g/mol. The van der Waals surface area contributed by atoms with Crippen LogP contribution in [0.1, 0.15) is 43.9 Å². The van der Waals surface area contributed by atoms with Crippen molar-refractivity contribution < 1.29 is 23.5 Å². The molecule has 3 N–H and O–H groups in total. The fourth-order valence-electron chi connectivity index (χ4n) is 4.41. The molecule has 0 bridgehead atoms. The van der Waals surface area contributed by atoms with Gasteiger partial charge in [0.1, 0.15) is 5.82 Å². The smallest absolute Gasteiger partial charge is 0.338 e. The first-order valence-electron chi connectivity index (χ1n) is 12.9. The van der Waals surface area contributed by atoms with Crippen molar-refractivity contribution >= 4 is 35.1 Å². The third-order valence-electron chi connectivity index (χ3n) is 6.20. The van der Waals surface area contributed by atoms with E-state index in [1.54, 1.807) is 42.2 Å². The highest BCUT2D eigenvalue weighted by Gasteiger charge is 2.38. The van der Waals surface area contributed by atoms with Crippen molar-refractivity contribution in [2.75, 3.05) is 23.8 Å². The number of halogens is 1. The Kier molecular flexibility index (Phi) is 8.94. The summed E-state index contributed by atoms with van der Waals surface area (Å²) in [5.74, 6) is -1.10. The van der Waals surface area contributed by atoms with E-state index in [2.05, 4.69) is 16.0 Å². The number of hydrogen-bond donors (Lipinski definition) is 3. The zero-order valence-electron chi connectivity index (χ0n) is 21.9. The molecule has 1 atom stereocenters. The van der Waals surface area contributed by atoms with Crippen LogP contribution in [0.4, 0.5) is 25.4 Å². The molecule has 202 valence electrons. The molecule has 39 heavy (non-hydrogen) atoms. The van der Waals surface area contributed by atoms with Crippen LogP contribution in [0.25, 0.3) is 5.70 Å². The number of amides is 4. The molecular formula is C30H31FN4O4. The molecule has 0 spiro atoms. The van der Waals surface area contributed by atoms with E-state index < -0.39 is 23.9 Å². The highest BCUT2D eigenvalue weighted by molar-refractivity contribution is 6.05. The van der Waals surface area contributed by atoms with Crippen molar-refractivity contribution in [3.8, 4) is 0 Å². The second-order valence-corrected chi connectivity index (χ2v) is 8.92. The van der Waals surface area contributed by atoms with Crippen LogP contribution in [-0.2, 0) is 9.53 Å². The normalized spacial score (nSPS) is 15.0. The summed E-state index contributed by atoms with van der Waals surface area (Å²) in [6.07, 6.45) is 1.62. The maximum Gasteiger partial charge on any atom is 0.338 e. The number of carbonyl (C=O) groups is 3. The highest BCUT2D eigenvalue weighted by atomic mass is 19.1. The Hall–Kier alpha value is -4.66. The summed E-state index contributed by atoms with van der Waals surface area (Å²) in [5.41, 5.74) is 2.51. The van der Waals surface area contributed by atoms with Crippen molar-refractivity contribution in [1.29, 1.82) is 0 Å². The Bertz CT molecular complexity index is 1380. The maximum atomic E-state index is 14.0. The molecule has 0 aromatic heterocycles. The molecule has 0 radical (unpaired) electrons. The number of nitrogens with zero attached hydrogens (tertiary/aromatic N) is 1. The van der Waals surface area contributed by atoms with Gasteiger partial charge in [-0.05, 0) is 48.7 Å². The first kappa shape index (κ1) is 27.4. The van der Waals surface area contributed by atoms with Gasteiger partial charge in [-0.25, -0.2) is 18.8 Å². The van der Waals surface area contributed by atoms with Gasteiger partial charge in [0, 0.05) is 12.2 Å². The Labute approximate surface area is 226 Å². The Balaban J connectivity index is 1.73. The van der Waals surface area contributed by atoms with Gasteiger partial charge in [-0.15, -0.1) is 0 Å². The van der Waals surface area contributed by atoms with Gasteiger partial charge in [0.2, 0.25) is 0 Å². The Morgan fingerprint density at radius 3 is 2.44 bits per heavy atom. The summed E-state index contributed by atoms with van der Waals surface area (Å²) in [6, 6.07) is 20.1. The summed E-state index contributed by atoms with van der Waals surface area (Å²) in [4.78, 5) is 41.0. The number of esters is 1. The van der Waals surface area contributed by atoms with Crippen LogP contribution in [0.3, 0.4) is 0 Å². The molecule has 9 heteroatoms. The standard InChI is InChI=1S/C30H31FN4O4/c1-3-5-18-35-27(20-12-7-6-8-13-20)25(28(36)39-4-2)26(34-30(35)38)21-14-11-15-22(19-21)32-29(37)33-24-17-10-9-16-23(24)31/h6-17,19,26H,3-5,18H2,1-2H3,(H,34,38)(H2,32,33,37)/t26-/m0/s1. The zero-order valence-corrected chi connectivity index (χ0v) is 21.9. The molecule has 8 nitrogen and oxygen atoms in total. The number of ether oxygens (including phenoxy) is 1. The summed E-state index contributed by atoms with van der Waals surface area (Å²) < 4.78 is 19.4. The number of anilines is 2. The van der Waals surface area contributed by atoms with E-state index in [4.69, 9.17) is 4.74 Å². The van der Waals surface area contributed by atoms with Crippen LogP contribution in [0.2, 0.25) is 0 Å². The van der Waals surface area contributed by atoms with Gasteiger partial charge >= 0.3 is 18.0 Å². The first-order chi connectivity index (χ1) is 18.9. The highest BCUT2D eigenvalue weighted by Crippen LogP contribution is 2.37. The molecule has 3 aromatic carbocycles. The van der Waals surface area contributed by atoms with E-state index in [1.165, 1.54) is 18.2 Å². The van der Waals surface area contributed by atoms with Gasteiger partial charge < -0.3 is 20.7 Å². The predicted octanol–water partition coefficient (Wildman–Crippen LogP) is 6.31. The molecule has 0 saturated carbocycles. The lowest BCUT2D eigenvalue weighted by atomic mass is 9.91. The molecule has 1 aliphatic rings. The Morgan fingerprint density at radius 1 is 0.974 bits per heavy atom. The molecule has 0 aliphatic carbocycles. The van der Waals surface area contributed by atoms with Gasteiger partial charge in [-0.3, -0.25) is 4.90 Å². The molecule has 4 rings (SSSR count). The fraction of sp³-hybridized carbons (Fsp3) is 0.233. The lowest BCUT2D eigenvalue weighted by molar-refractivity contribution is -0.138. The number of nitrogens with one attached hydrogen (secondary N) is 3. The molecule has 3 aromatic rings. The second kappa shape index (κ2) is 12.7. The SMILES string of the molecule is CCCCN1C(=O)N[C@@H](c2cccc(NC(=O)Nc3ccccc3F)c2)C(C(=O)OCC)=C1c1ccccc1. The average molecular weight is 531 g/mol. The van der Waals surface area contributed by atoms with E-state index in [0.29, 0.717) is 29.1 Å². The quantitative estimate of drug-likeness (QED) is 0.282. The Morgan fingerprint density at radius 2 is 1.72 bits per heavy atom. The number of rotatable bonds is 9. The third kappa shape index (κ3) is 6.43. The third-order valence-corrected chi connectivity index (χ3v) is 6.20. The first-order valence-corrected chi connectivity index (χ1v) is 12.9. The summed E-state index contributed by atoms with van der Waals surface area (Å²) in [5, 5.41) is 8.12. The maximum absolute atomic E-state index is 14.0. The minimum atomic E-state index is -0.832. The number of benzene rings is 3. The van der Waals surface area contributed by atoms with Crippen LogP contribution in [0.5, 0.6) is 0 Å². The number of urea groups is 2. The minimum Gasteiger partial charge on any atom is -0.463 e. The van der Waals surface area contributed by atoms with Crippen molar-refractivity contribution in [3.63, 3.8) is 0 Å². The number of unbranched alkanes of at least 4 members (excludes halogenated alkanes) is 1. The van der Waals surface area contributed by atoms with Crippen molar-refractivity contribution in [3.05, 3.63) is 101 Å². The van der Waals surface area contributed by atoms with Gasteiger partial charge in [0.15, 0.2) is 0 Å². The van der Waals surface area contributed by atoms with E-state index >= 15 is 0 Å². The topological polar surface area (TPSA) is 99.8 Å². The van der Waals surface area contributed by atoms with Crippen LogP contribution in [0.15, 0.2) is 84.4 Å². The fourth-order valence-corrected chi connectivity index (χ4v) is 4.41. The van der Waals surface area contributed by atoms with E-state index in [0.717, 1.165) is 18.4 Å². The molecule has 1 heterocycles. The van der Waals surface area contributed by atoms with Crippen molar-refractivity contribution in [1.82, 2.24) is 10.2 Å². The summed E-state index contributed by atoms with van der Waals surface area (Å²) in [7, 11) is 0. The van der Waals surface area contributed by atoms with Gasteiger partial charge in [-0.1, -0.05) is 67.9 Å². The van der Waals surface area contributed by atoms with Crippen LogP contribution >= 0.6 is 0 Å². The number of para-hydroxylation sites is 1. The minimum absolute atomic E-state index is 0.0397.